The third-order valence-corrected chi connectivity index (χ3v) is 4.61. The molecule has 0 saturated carbocycles. The summed E-state index contributed by atoms with van der Waals surface area (Å²) in [5.41, 5.74) is 1.19. The van der Waals surface area contributed by atoms with Gasteiger partial charge in [-0.3, -0.25) is 9.59 Å². The molecule has 1 heterocycles. The van der Waals surface area contributed by atoms with Crippen LogP contribution in [0.2, 0.25) is 0 Å². The fraction of sp³-hybridized carbons (Fsp3) is 0.273. The van der Waals surface area contributed by atoms with Crippen LogP contribution < -0.4 is 10.1 Å². The van der Waals surface area contributed by atoms with Crippen molar-refractivity contribution in [1.29, 1.82) is 0 Å². The summed E-state index contributed by atoms with van der Waals surface area (Å²) in [7, 11) is 0. The molecule has 1 N–H and O–H groups in total. The van der Waals surface area contributed by atoms with Crippen molar-refractivity contribution in [2.24, 2.45) is 0 Å². The Labute approximate surface area is 168 Å². The number of likely N-dealkylation sites (tertiary alicyclic amines) is 1. The first-order valence-electron chi connectivity index (χ1n) is 9.46. The fourth-order valence-electron chi connectivity index (χ4n) is 3.21. The highest BCUT2D eigenvalue weighted by atomic mass is 19.3. The number of carbonyl (C=O) groups excluding carboxylic acids is 2. The van der Waals surface area contributed by atoms with Gasteiger partial charge >= 0.3 is 6.61 Å². The molecule has 0 atom stereocenters. The Kier molecular flexibility index (Phi) is 6.94. The van der Waals surface area contributed by atoms with E-state index in [1.807, 2.05) is 0 Å². The van der Waals surface area contributed by atoms with E-state index < -0.39 is 12.5 Å². The summed E-state index contributed by atoms with van der Waals surface area (Å²) in [4.78, 5) is 27.0. The number of hydrogen-bond acceptors (Lipinski definition) is 3. The summed E-state index contributed by atoms with van der Waals surface area (Å²) >= 11 is 0. The third-order valence-electron chi connectivity index (χ3n) is 4.61. The monoisotopic (exact) mass is 400 g/mol. The maximum Gasteiger partial charge on any atom is 0.387 e. The number of anilines is 1. The molecule has 1 aliphatic heterocycles. The van der Waals surface area contributed by atoms with Gasteiger partial charge in [0.2, 0.25) is 5.91 Å². The second-order valence-corrected chi connectivity index (χ2v) is 6.64. The number of halogens is 2. The number of piperidine rings is 1. The standard InChI is InChI=1S/C22H22F2N2O3/c23-22(24)29-19-11-5-2-8-16(19)12-13-20(27)25-18-10-4-3-9-17(18)21(28)26-14-6-1-7-15-26/h2-5,8-13,22H,1,6-7,14-15H2,(H,25,27)/b13-12+. The molecule has 0 aliphatic carbocycles. The van der Waals surface area contributed by atoms with Gasteiger partial charge < -0.3 is 15.0 Å². The number of carbonyl (C=O) groups is 2. The van der Waals surface area contributed by atoms with E-state index >= 15 is 0 Å². The number of alkyl halides is 2. The fourth-order valence-corrected chi connectivity index (χ4v) is 3.21. The van der Waals surface area contributed by atoms with Gasteiger partial charge in [-0.25, -0.2) is 0 Å². The van der Waals surface area contributed by atoms with Crippen molar-refractivity contribution in [2.45, 2.75) is 25.9 Å². The van der Waals surface area contributed by atoms with Crippen LogP contribution in [0.1, 0.15) is 35.2 Å². The van der Waals surface area contributed by atoms with E-state index in [0.717, 1.165) is 19.3 Å². The molecule has 2 amide bonds. The maximum atomic E-state index is 12.8. The molecule has 152 valence electrons. The lowest BCUT2D eigenvalue weighted by atomic mass is 10.1. The second-order valence-electron chi connectivity index (χ2n) is 6.64. The van der Waals surface area contributed by atoms with Crippen LogP contribution in [0.4, 0.5) is 14.5 Å². The number of rotatable bonds is 6. The molecular weight excluding hydrogens is 378 g/mol. The Bertz CT molecular complexity index is 893. The topological polar surface area (TPSA) is 58.6 Å². The molecule has 0 bridgehead atoms. The zero-order chi connectivity index (χ0) is 20.6. The minimum absolute atomic E-state index is 0.0211. The van der Waals surface area contributed by atoms with Gasteiger partial charge in [-0.2, -0.15) is 8.78 Å². The van der Waals surface area contributed by atoms with Crippen LogP contribution in [-0.4, -0.2) is 36.4 Å². The molecule has 0 unspecified atom stereocenters. The van der Waals surface area contributed by atoms with Gasteiger partial charge in [-0.1, -0.05) is 30.3 Å². The number of para-hydroxylation sites is 2. The number of ether oxygens (including phenoxy) is 1. The minimum Gasteiger partial charge on any atom is -0.434 e. The first-order chi connectivity index (χ1) is 14.0. The lowest BCUT2D eigenvalue weighted by molar-refractivity contribution is -0.111. The van der Waals surface area contributed by atoms with Crippen LogP contribution in [0.25, 0.3) is 6.08 Å². The second kappa shape index (κ2) is 9.82. The van der Waals surface area contributed by atoms with Gasteiger partial charge in [0.05, 0.1) is 11.3 Å². The molecule has 1 saturated heterocycles. The predicted octanol–water partition coefficient (Wildman–Crippen LogP) is 4.57. The van der Waals surface area contributed by atoms with E-state index in [1.54, 1.807) is 47.4 Å². The molecular formula is C22H22F2N2O3. The van der Waals surface area contributed by atoms with Crippen LogP contribution in [0.3, 0.4) is 0 Å². The molecule has 2 aromatic carbocycles. The molecule has 5 nitrogen and oxygen atoms in total. The zero-order valence-electron chi connectivity index (χ0n) is 15.8. The summed E-state index contributed by atoms with van der Waals surface area (Å²) < 4.78 is 29.4. The first-order valence-corrected chi connectivity index (χ1v) is 9.46. The van der Waals surface area contributed by atoms with E-state index in [0.29, 0.717) is 29.9 Å². The number of benzene rings is 2. The van der Waals surface area contributed by atoms with Gasteiger partial charge in [0.25, 0.3) is 5.91 Å². The lowest BCUT2D eigenvalue weighted by Crippen LogP contribution is -2.36. The smallest absolute Gasteiger partial charge is 0.387 e. The number of nitrogens with one attached hydrogen (secondary N) is 1. The SMILES string of the molecule is O=C(/C=C/c1ccccc1OC(F)F)Nc1ccccc1C(=O)N1CCCCC1. The molecule has 29 heavy (non-hydrogen) atoms. The Balaban J connectivity index is 1.72. The van der Waals surface area contributed by atoms with Gasteiger partial charge in [-0.15, -0.1) is 0 Å². The van der Waals surface area contributed by atoms with Gasteiger partial charge in [-0.05, 0) is 43.5 Å². The normalized spacial score (nSPS) is 14.2. The summed E-state index contributed by atoms with van der Waals surface area (Å²) in [6.07, 6.45) is 5.67. The Morgan fingerprint density at radius 3 is 2.45 bits per heavy atom. The van der Waals surface area contributed by atoms with Crippen molar-refractivity contribution in [2.75, 3.05) is 18.4 Å². The summed E-state index contributed by atoms with van der Waals surface area (Å²) in [5.74, 6) is -0.608. The first kappa shape index (κ1) is 20.5. The largest absolute Gasteiger partial charge is 0.434 e. The average molecular weight is 400 g/mol. The molecule has 3 rings (SSSR count). The van der Waals surface area contributed by atoms with Crippen molar-refractivity contribution < 1.29 is 23.1 Å². The number of hydrogen-bond donors (Lipinski definition) is 1. The van der Waals surface area contributed by atoms with E-state index in [4.69, 9.17) is 0 Å². The van der Waals surface area contributed by atoms with Crippen molar-refractivity contribution in [3.8, 4) is 5.75 Å². The zero-order valence-corrected chi connectivity index (χ0v) is 15.8. The van der Waals surface area contributed by atoms with E-state index in [1.165, 1.54) is 18.2 Å². The van der Waals surface area contributed by atoms with Crippen LogP contribution in [0.15, 0.2) is 54.6 Å². The summed E-state index contributed by atoms with van der Waals surface area (Å²) in [5, 5.41) is 2.70. The van der Waals surface area contributed by atoms with Crippen LogP contribution in [0.5, 0.6) is 5.75 Å². The highest BCUT2D eigenvalue weighted by Crippen LogP contribution is 2.22. The summed E-state index contributed by atoms with van der Waals surface area (Å²) in [6.45, 7) is -1.53. The minimum atomic E-state index is -2.95. The molecule has 1 aliphatic rings. The summed E-state index contributed by atoms with van der Waals surface area (Å²) in [6, 6.07) is 13.0. The number of amides is 2. The molecule has 0 spiro atoms. The quantitative estimate of drug-likeness (QED) is 0.723. The highest BCUT2D eigenvalue weighted by molar-refractivity contribution is 6.07. The maximum absolute atomic E-state index is 12.8. The molecule has 7 heteroatoms. The van der Waals surface area contributed by atoms with E-state index in [-0.39, 0.29) is 11.7 Å². The van der Waals surface area contributed by atoms with Crippen LogP contribution in [-0.2, 0) is 4.79 Å². The van der Waals surface area contributed by atoms with Crippen molar-refractivity contribution >= 4 is 23.6 Å². The van der Waals surface area contributed by atoms with E-state index in [2.05, 4.69) is 10.1 Å². The Hall–Kier alpha value is -3.22. The van der Waals surface area contributed by atoms with Gasteiger partial charge in [0.15, 0.2) is 0 Å². The van der Waals surface area contributed by atoms with Crippen LogP contribution in [0, 0.1) is 0 Å². The molecule has 0 radical (unpaired) electrons. The molecule has 0 aromatic heterocycles. The van der Waals surface area contributed by atoms with Crippen molar-refractivity contribution in [3.05, 3.63) is 65.7 Å². The molecule has 2 aromatic rings. The third kappa shape index (κ3) is 5.63. The predicted molar refractivity (Wildman–Crippen MR) is 107 cm³/mol. The van der Waals surface area contributed by atoms with Crippen LogP contribution >= 0.6 is 0 Å². The van der Waals surface area contributed by atoms with E-state index in [9.17, 15) is 18.4 Å². The highest BCUT2D eigenvalue weighted by Gasteiger charge is 2.21. The van der Waals surface area contributed by atoms with Crippen molar-refractivity contribution in [3.63, 3.8) is 0 Å². The lowest BCUT2D eigenvalue weighted by Gasteiger charge is -2.27. The van der Waals surface area contributed by atoms with Gasteiger partial charge in [0, 0.05) is 24.7 Å². The molecule has 1 fully saturated rings. The average Bonchev–Trinajstić information content (AvgIpc) is 2.73. The number of nitrogens with zero attached hydrogens (tertiary/aromatic N) is 1. The Morgan fingerprint density at radius 1 is 1.00 bits per heavy atom. The Morgan fingerprint density at radius 2 is 1.69 bits per heavy atom. The van der Waals surface area contributed by atoms with Crippen molar-refractivity contribution in [1.82, 2.24) is 4.90 Å². The van der Waals surface area contributed by atoms with Gasteiger partial charge in [0.1, 0.15) is 5.75 Å².